The van der Waals surface area contributed by atoms with Crippen LogP contribution in [0, 0.1) is 6.92 Å². The summed E-state index contributed by atoms with van der Waals surface area (Å²) in [6.45, 7) is 3.58. The van der Waals surface area contributed by atoms with E-state index >= 15 is 0 Å². The Hall–Kier alpha value is -2.12. The summed E-state index contributed by atoms with van der Waals surface area (Å²) in [4.78, 5) is 30.5. The van der Waals surface area contributed by atoms with Gasteiger partial charge >= 0.3 is 6.09 Å². The first-order valence-electron chi connectivity index (χ1n) is 5.63. The monoisotopic (exact) mass is 253 g/mol. The van der Waals surface area contributed by atoms with Crippen molar-refractivity contribution in [3.63, 3.8) is 0 Å². The number of ether oxygens (including phenoxy) is 1. The van der Waals surface area contributed by atoms with Crippen molar-refractivity contribution in [1.29, 1.82) is 0 Å². The van der Waals surface area contributed by atoms with E-state index in [4.69, 9.17) is 0 Å². The topological polar surface area (TPSA) is 91.4 Å². The third-order valence-electron chi connectivity index (χ3n) is 2.79. The molecule has 1 fully saturated rings. The lowest BCUT2D eigenvalue weighted by Gasteiger charge is -2.33. The third-order valence-corrected chi connectivity index (χ3v) is 2.79. The second-order valence-corrected chi connectivity index (χ2v) is 3.99. The van der Waals surface area contributed by atoms with Crippen LogP contribution in [0.4, 0.5) is 4.79 Å². The van der Waals surface area contributed by atoms with Gasteiger partial charge in [-0.1, -0.05) is 0 Å². The summed E-state index contributed by atoms with van der Waals surface area (Å²) in [6, 6.07) is 0. The highest BCUT2D eigenvalue weighted by molar-refractivity contribution is 5.90. The number of carbonyl (C=O) groups is 2. The number of carbonyl (C=O) groups excluding carboxylic acids is 2. The smallest absolute Gasteiger partial charge is 0.409 e. The van der Waals surface area contributed by atoms with E-state index in [1.54, 1.807) is 16.7 Å². The number of nitrogens with one attached hydrogen (secondary N) is 1. The molecule has 98 valence electrons. The normalized spacial score (nSPS) is 15.7. The predicted octanol–water partition coefficient (Wildman–Crippen LogP) is -0.363. The molecule has 2 rings (SSSR count). The zero-order chi connectivity index (χ0) is 13.1. The summed E-state index contributed by atoms with van der Waals surface area (Å²) in [6.07, 6.45) is -0.365. The number of hydrogen-bond donors (Lipinski definition) is 1. The fourth-order valence-electron chi connectivity index (χ4n) is 1.80. The molecule has 2 amide bonds. The van der Waals surface area contributed by atoms with E-state index in [0.29, 0.717) is 32.0 Å². The number of nitrogens with zero attached hydrogens (tertiary/aromatic N) is 4. The Labute approximate surface area is 104 Å². The molecule has 1 aromatic heterocycles. The van der Waals surface area contributed by atoms with E-state index < -0.39 is 0 Å². The van der Waals surface area contributed by atoms with Gasteiger partial charge in [-0.15, -0.1) is 5.10 Å². The van der Waals surface area contributed by atoms with Crippen LogP contribution in [0.15, 0.2) is 0 Å². The van der Waals surface area contributed by atoms with Gasteiger partial charge in [-0.05, 0) is 6.92 Å². The number of aromatic amines is 1. The molecule has 8 nitrogen and oxygen atoms in total. The Morgan fingerprint density at radius 3 is 2.33 bits per heavy atom. The second-order valence-electron chi connectivity index (χ2n) is 3.99. The largest absolute Gasteiger partial charge is 0.453 e. The van der Waals surface area contributed by atoms with E-state index in [0.717, 1.165) is 0 Å². The molecule has 8 heteroatoms. The summed E-state index contributed by atoms with van der Waals surface area (Å²) in [5, 5.41) is 6.46. The maximum atomic E-state index is 12.0. The number of methoxy groups -OCH3 is 1. The SMILES string of the molecule is COC(=O)N1CCN(C(=O)c2n[nH]c(C)n2)CC1. The lowest BCUT2D eigenvalue weighted by molar-refractivity contribution is 0.0589. The van der Waals surface area contributed by atoms with Crippen LogP contribution in [0.3, 0.4) is 0 Å². The molecular formula is C10H15N5O3. The van der Waals surface area contributed by atoms with Crippen molar-refractivity contribution in [2.45, 2.75) is 6.92 Å². The standard InChI is InChI=1S/C10H15N5O3/c1-7-11-8(13-12-7)9(16)14-3-5-15(6-4-14)10(17)18-2/h3-6H2,1-2H3,(H,11,12,13). The summed E-state index contributed by atoms with van der Waals surface area (Å²) in [5.41, 5.74) is 0. The maximum absolute atomic E-state index is 12.0. The Kier molecular flexibility index (Phi) is 3.45. The number of amides is 2. The van der Waals surface area contributed by atoms with Crippen molar-refractivity contribution < 1.29 is 14.3 Å². The van der Waals surface area contributed by atoms with Gasteiger partial charge in [0.05, 0.1) is 7.11 Å². The van der Waals surface area contributed by atoms with Crippen molar-refractivity contribution in [3.05, 3.63) is 11.6 Å². The second kappa shape index (κ2) is 5.03. The molecule has 0 unspecified atom stereocenters. The van der Waals surface area contributed by atoms with Gasteiger partial charge in [-0.2, -0.15) is 0 Å². The fraction of sp³-hybridized carbons (Fsp3) is 0.600. The zero-order valence-corrected chi connectivity index (χ0v) is 10.3. The van der Waals surface area contributed by atoms with Gasteiger partial charge in [0.2, 0.25) is 5.82 Å². The predicted molar refractivity (Wildman–Crippen MR) is 61.0 cm³/mol. The fourth-order valence-corrected chi connectivity index (χ4v) is 1.80. The average molecular weight is 253 g/mol. The van der Waals surface area contributed by atoms with Crippen LogP contribution in [0.25, 0.3) is 0 Å². The van der Waals surface area contributed by atoms with E-state index in [1.165, 1.54) is 7.11 Å². The van der Waals surface area contributed by atoms with Crippen molar-refractivity contribution in [1.82, 2.24) is 25.0 Å². The van der Waals surface area contributed by atoms with Crippen LogP contribution >= 0.6 is 0 Å². The summed E-state index contributed by atoms with van der Waals surface area (Å²) in [7, 11) is 1.34. The minimum atomic E-state index is -0.365. The van der Waals surface area contributed by atoms with Gasteiger partial charge in [-0.3, -0.25) is 9.89 Å². The van der Waals surface area contributed by atoms with Crippen LogP contribution < -0.4 is 0 Å². The van der Waals surface area contributed by atoms with Crippen molar-refractivity contribution in [2.24, 2.45) is 0 Å². The van der Waals surface area contributed by atoms with Crippen LogP contribution in [0.1, 0.15) is 16.4 Å². The highest BCUT2D eigenvalue weighted by atomic mass is 16.5. The minimum Gasteiger partial charge on any atom is -0.453 e. The minimum absolute atomic E-state index is 0.166. The number of rotatable bonds is 1. The summed E-state index contributed by atoms with van der Waals surface area (Å²) < 4.78 is 4.63. The molecule has 1 aliphatic rings. The Balaban J connectivity index is 1.94. The van der Waals surface area contributed by atoms with E-state index in [9.17, 15) is 9.59 Å². The van der Waals surface area contributed by atoms with Crippen LogP contribution in [0.5, 0.6) is 0 Å². The molecule has 0 saturated carbocycles. The Morgan fingerprint density at radius 1 is 1.22 bits per heavy atom. The lowest BCUT2D eigenvalue weighted by Crippen LogP contribution is -2.50. The van der Waals surface area contributed by atoms with Crippen molar-refractivity contribution in [3.8, 4) is 0 Å². The lowest BCUT2D eigenvalue weighted by atomic mass is 10.3. The van der Waals surface area contributed by atoms with E-state index in [1.807, 2.05) is 0 Å². The van der Waals surface area contributed by atoms with Gasteiger partial charge in [0, 0.05) is 26.2 Å². The zero-order valence-electron chi connectivity index (χ0n) is 10.3. The first-order valence-corrected chi connectivity index (χ1v) is 5.63. The van der Waals surface area contributed by atoms with Gasteiger partial charge in [0.1, 0.15) is 5.82 Å². The molecule has 1 N–H and O–H groups in total. The molecule has 2 heterocycles. The number of aryl methyl sites for hydroxylation is 1. The highest BCUT2D eigenvalue weighted by Crippen LogP contribution is 2.06. The van der Waals surface area contributed by atoms with Gasteiger partial charge in [0.15, 0.2) is 0 Å². The molecule has 0 aliphatic carbocycles. The van der Waals surface area contributed by atoms with Crippen LogP contribution in [-0.2, 0) is 4.74 Å². The molecule has 1 aliphatic heterocycles. The molecule has 1 saturated heterocycles. The maximum Gasteiger partial charge on any atom is 0.409 e. The number of hydrogen-bond acceptors (Lipinski definition) is 5. The molecule has 0 spiro atoms. The first kappa shape index (κ1) is 12.3. The molecule has 0 aromatic carbocycles. The number of piperazine rings is 1. The molecule has 0 atom stereocenters. The highest BCUT2D eigenvalue weighted by Gasteiger charge is 2.26. The molecule has 18 heavy (non-hydrogen) atoms. The van der Waals surface area contributed by atoms with Crippen molar-refractivity contribution >= 4 is 12.0 Å². The Morgan fingerprint density at radius 2 is 1.83 bits per heavy atom. The van der Waals surface area contributed by atoms with Gasteiger partial charge < -0.3 is 14.5 Å². The summed E-state index contributed by atoms with van der Waals surface area (Å²) >= 11 is 0. The average Bonchev–Trinajstić information content (AvgIpc) is 2.84. The van der Waals surface area contributed by atoms with Gasteiger partial charge in [-0.25, -0.2) is 9.78 Å². The van der Waals surface area contributed by atoms with Crippen LogP contribution in [-0.4, -0.2) is 70.3 Å². The molecule has 0 radical (unpaired) electrons. The molecule has 1 aromatic rings. The quantitative estimate of drug-likeness (QED) is 0.737. The molecule has 0 bridgehead atoms. The van der Waals surface area contributed by atoms with E-state index in [-0.39, 0.29) is 17.8 Å². The van der Waals surface area contributed by atoms with E-state index in [2.05, 4.69) is 19.9 Å². The van der Waals surface area contributed by atoms with Crippen LogP contribution in [0.2, 0.25) is 0 Å². The number of aromatic nitrogens is 3. The number of H-pyrrole nitrogens is 1. The molecular weight excluding hydrogens is 238 g/mol. The first-order chi connectivity index (χ1) is 8.61. The van der Waals surface area contributed by atoms with Gasteiger partial charge in [0.25, 0.3) is 5.91 Å². The summed E-state index contributed by atoms with van der Waals surface area (Å²) in [5.74, 6) is 0.550. The third kappa shape index (κ3) is 2.41. The van der Waals surface area contributed by atoms with Crippen molar-refractivity contribution in [2.75, 3.05) is 33.3 Å². The Bertz CT molecular complexity index is 450.